The van der Waals surface area contributed by atoms with Gasteiger partial charge in [-0.05, 0) is 54.8 Å². The molecule has 5 nitrogen and oxygen atoms in total. The lowest BCUT2D eigenvalue weighted by Crippen LogP contribution is -2.36. The Bertz CT molecular complexity index is 1050. The van der Waals surface area contributed by atoms with Gasteiger partial charge in [-0.1, -0.05) is 48.0 Å². The number of hydrogen-bond donors (Lipinski definition) is 1. The van der Waals surface area contributed by atoms with E-state index in [1.54, 1.807) is 4.90 Å². The number of benzene rings is 3. The fourth-order valence-corrected chi connectivity index (χ4v) is 3.61. The molecule has 1 N–H and O–H groups in total. The molecule has 1 aliphatic heterocycles. The highest BCUT2D eigenvalue weighted by molar-refractivity contribution is 5.89. The Balaban J connectivity index is 1.39. The van der Waals surface area contributed by atoms with E-state index in [0.717, 1.165) is 33.7 Å². The third-order valence-electron chi connectivity index (χ3n) is 5.32. The first-order valence-electron chi connectivity index (χ1n) is 10.6. The minimum Gasteiger partial charge on any atom is -0.491 e. The molecule has 0 atom stereocenters. The van der Waals surface area contributed by atoms with Crippen LogP contribution in [0.3, 0.4) is 0 Å². The first-order chi connectivity index (χ1) is 15.1. The molecule has 3 aromatic rings. The summed E-state index contributed by atoms with van der Waals surface area (Å²) in [5.41, 5.74) is 6.36. The molecule has 0 fully saturated rings. The van der Waals surface area contributed by atoms with E-state index in [9.17, 15) is 4.79 Å². The Hall–Kier alpha value is -3.31. The van der Waals surface area contributed by atoms with Crippen LogP contribution in [0.15, 0.2) is 66.7 Å². The summed E-state index contributed by atoms with van der Waals surface area (Å²) >= 11 is 0. The van der Waals surface area contributed by atoms with E-state index >= 15 is 0 Å². The van der Waals surface area contributed by atoms with Gasteiger partial charge in [0.1, 0.15) is 12.4 Å². The maximum atomic E-state index is 12.8. The fourth-order valence-electron chi connectivity index (χ4n) is 3.61. The van der Waals surface area contributed by atoms with E-state index in [4.69, 9.17) is 9.47 Å². The molecule has 31 heavy (non-hydrogen) atoms. The molecule has 3 aromatic carbocycles. The molecule has 0 aromatic heterocycles. The molecule has 160 valence electrons. The summed E-state index contributed by atoms with van der Waals surface area (Å²) in [5, 5.41) is 2.99. The average molecular weight is 417 g/mol. The average Bonchev–Trinajstić information content (AvgIpc) is 2.97. The maximum Gasteiger partial charge on any atom is 0.322 e. The zero-order valence-electron chi connectivity index (χ0n) is 18.1. The summed E-state index contributed by atoms with van der Waals surface area (Å²) in [5.74, 6) is 0.827. The van der Waals surface area contributed by atoms with Gasteiger partial charge < -0.3 is 19.7 Å². The number of fused-ring (bicyclic) bond motifs is 1. The highest BCUT2D eigenvalue weighted by Crippen LogP contribution is 2.25. The molecule has 0 saturated carbocycles. The summed E-state index contributed by atoms with van der Waals surface area (Å²) in [6.45, 7) is 6.67. The highest BCUT2D eigenvalue weighted by atomic mass is 16.5. The van der Waals surface area contributed by atoms with Crippen molar-refractivity contribution in [3.05, 3.63) is 94.5 Å². The lowest BCUT2D eigenvalue weighted by molar-refractivity contribution is 0.107. The van der Waals surface area contributed by atoms with Crippen LogP contribution >= 0.6 is 0 Å². The Morgan fingerprint density at radius 1 is 0.968 bits per heavy atom. The van der Waals surface area contributed by atoms with E-state index < -0.39 is 0 Å². The van der Waals surface area contributed by atoms with Crippen molar-refractivity contribution in [1.82, 2.24) is 4.90 Å². The van der Waals surface area contributed by atoms with Crippen molar-refractivity contribution in [3.63, 3.8) is 0 Å². The van der Waals surface area contributed by atoms with Crippen LogP contribution in [0.5, 0.6) is 5.75 Å². The van der Waals surface area contributed by atoms with Crippen molar-refractivity contribution in [2.75, 3.05) is 18.5 Å². The van der Waals surface area contributed by atoms with E-state index in [1.807, 2.05) is 43.3 Å². The van der Waals surface area contributed by atoms with Crippen molar-refractivity contribution < 1.29 is 14.3 Å². The first kappa shape index (κ1) is 20.9. The number of nitrogens with zero attached hydrogens (tertiary/aromatic N) is 1. The van der Waals surface area contributed by atoms with Gasteiger partial charge in [0.2, 0.25) is 0 Å². The number of rotatable bonds is 5. The highest BCUT2D eigenvalue weighted by Gasteiger charge is 2.20. The molecule has 1 aliphatic rings. The monoisotopic (exact) mass is 416 g/mol. The van der Waals surface area contributed by atoms with Gasteiger partial charge >= 0.3 is 6.03 Å². The van der Waals surface area contributed by atoms with E-state index in [2.05, 4.69) is 42.6 Å². The lowest BCUT2D eigenvalue weighted by atomic mass is 10.1. The number of nitrogens with one attached hydrogen (secondary N) is 1. The SMILES string of the molecule is Cc1ccc(COCc2ccc3c(c2)CN(C(=O)Nc2cccc(C)c2)CCO3)cc1. The van der Waals surface area contributed by atoms with Gasteiger partial charge in [-0.25, -0.2) is 4.79 Å². The van der Waals surface area contributed by atoms with Gasteiger partial charge in [0.25, 0.3) is 0 Å². The van der Waals surface area contributed by atoms with Gasteiger partial charge in [0, 0.05) is 11.3 Å². The second-order valence-corrected chi connectivity index (χ2v) is 7.99. The van der Waals surface area contributed by atoms with Crippen molar-refractivity contribution >= 4 is 11.7 Å². The molecule has 0 aliphatic carbocycles. The van der Waals surface area contributed by atoms with E-state index in [1.165, 1.54) is 5.56 Å². The third kappa shape index (κ3) is 5.64. The smallest absolute Gasteiger partial charge is 0.322 e. The quantitative estimate of drug-likeness (QED) is 0.602. The molecule has 0 radical (unpaired) electrons. The second-order valence-electron chi connectivity index (χ2n) is 7.99. The molecule has 2 amide bonds. The number of carbonyl (C=O) groups excluding carboxylic acids is 1. The number of carbonyl (C=O) groups is 1. The third-order valence-corrected chi connectivity index (χ3v) is 5.32. The zero-order chi connectivity index (χ0) is 21.6. The summed E-state index contributed by atoms with van der Waals surface area (Å²) < 4.78 is 11.8. The molecule has 0 spiro atoms. The van der Waals surface area contributed by atoms with Crippen molar-refractivity contribution in [2.45, 2.75) is 33.6 Å². The summed E-state index contributed by atoms with van der Waals surface area (Å²) in [6, 6.07) is 22.1. The van der Waals surface area contributed by atoms with Crippen LogP contribution in [0.1, 0.15) is 27.8 Å². The number of urea groups is 1. The maximum absolute atomic E-state index is 12.8. The van der Waals surface area contributed by atoms with Crippen LogP contribution in [0.4, 0.5) is 10.5 Å². The number of ether oxygens (including phenoxy) is 2. The largest absolute Gasteiger partial charge is 0.491 e. The number of aryl methyl sites for hydroxylation is 2. The molecule has 0 bridgehead atoms. The van der Waals surface area contributed by atoms with Crippen LogP contribution in [0.25, 0.3) is 0 Å². The summed E-state index contributed by atoms with van der Waals surface area (Å²) in [6.07, 6.45) is 0. The van der Waals surface area contributed by atoms with E-state index in [0.29, 0.717) is 32.9 Å². The molecule has 5 heteroatoms. The topological polar surface area (TPSA) is 50.8 Å². The Labute approximate surface area is 183 Å². The standard InChI is InChI=1S/C26H28N2O3/c1-19-6-8-21(9-7-19)17-30-18-22-10-11-25-23(15-22)16-28(12-13-31-25)26(29)27-24-5-3-4-20(2)14-24/h3-11,14-15H,12-13,16-18H2,1-2H3,(H,27,29). The Morgan fingerprint density at radius 3 is 2.55 bits per heavy atom. The van der Waals surface area contributed by atoms with Crippen LogP contribution in [0.2, 0.25) is 0 Å². The van der Waals surface area contributed by atoms with Gasteiger partial charge in [0.05, 0.1) is 26.3 Å². The van der Waals surface area contributed by atoms with E-state index in [-0.39, 0.29) is 6.03 Å². The lowest BCUT2D eigenvalue weighted by Gasteiger charge is -2.20. The van der Waals surface area contributed by atoms with Crippen molar-refractivity contribution in [1.29, 1.82) is 0 Å². The summed E-state index contributed by atoms with van der Waals surface area (Å²) in [7, 11) is 0. The molecule has 0 unspecified atom stereocenters. The summed E-state index contributed by atoms with van der Waals surface area (Å²) in [4.78, 5) is 14.6. The molecule has 1 heterocycles. The Morgan fingerprint density at radius 2 is 1.74 bits per heavy atom. The fraction of sp³-hybridized carbons (Fsp3) is 0.269. The van der Waals surface area contributed by atoms with Crippen molar-refractivity contribution in [2.24, 2.45) is 0 Å². The number of anilines is 1. The predicted octanol–water partition coefficient (Wildman–Crippen LogP) is 5.45. The van der Waals surface area contributed by atoms with Crippen LogP contribution in [0, 0.1) is 13.8 Å². The van der Waals surface area contributed by atoms with Crippen LogP contribution in [-0.2, 0) is 24.5 Å². The van der Waals surface area contributed by atoms with Crippen molar-refractivity contribution in [3.8, 4) is 5.75 Å². The zero-order valence-corrected chi connectivity index (χ0v) is 18.1. The minimum absolute atomic E-state index is 0.122. The normalized spacial score (nSPS) is 13.2. The second kappa shape index (κ2) is 9.67. The number of amides is 2. The van der Waals surface area contributed by atoms with Crippen LogP contribution in [-0.4, -0.2) is 24.1 Å². The molecule has 4 rings (SSSR count). The van der Waals surface area contributed by atoms with Gasteiger partial charge in [-0.3, -0.25) is 0 Å². The molecular formula is C26H28N2O3. The van der Waals surface area contributed by atoms with Crippen LogP contribution < -0.4 is 10.1 Å². The number of hydrogen-bond acceptors (Lipinski definition) is 3. The van der Waals surface area contributed by atoms with Gasteiger partial charge in [0.15, 0.2) is 0 Å². The predicted molar refractivity (Wildman–Crippen MR) is 122 cm³/mol. The minimum atomic E-state index is -0.122. The first-order valence-corrected chi connectivity index (χ1v) is 10.6. The molecular weight excluding hydrogens is 388 g/mol. The van der Waals surface area contributed by atoms with Gasteiger partial charge in [-0.2, -0.15) is 0 Å². The van der Waals surface area contributed by atoms with Gasteiger partial charge in [-0.15, -0.1) is 0 Å². The Kier molecular flexibility index (Phi) is 6.53. The molecule has 0 saturated heterocycles.